The summed E-state index contributed by atoms with van der Waals surface area (Å²) in [6.07, 6.45) is 2.67. The Kier molecular flexibility index (Phi) is 3.01. The van der Waals surface area contributed by atoms with Gasteiger partial charge >= 0.3 is 0 Å². The second-order valence-electron chi connectivity index (χ2n) is 4.46. The molecule has 0 aliphatic heterocycles. The Bertz CT molecular complexity index is 444. The SMILES string of the molecule is C=C[C@H]1C[C@]1(N)C(=O)C1(S(N)(=O)=O)CC1.Cl. The minimum atomic E-state index is -3.83. The first-order valence-electron chi connectivity index (χ1n) is 4.77. The molecule has 5 nitrogen and oxygen atoms in total. The van der Waals surface area contributed by atoms with Crippen molar-refractivity contribution < 1.29 is 13.2 Å². The lowest BCUT2D eigenvalue weighted by Gasteiger charge is -2.16. The van der Waals surface area contributed by atoms with Gasteiger partial charge in [0.15, 0.2) is 5.78 Å². The fraction of sp³-hybridized carbons (Fsp3) is 0.667. The molecule has 0 heterocycles. The van der Waals surface area contributed by atoms with E-state index in [0.29, 0.717) is 19.3 Å². The van der Waals surface area contributed by atoms with Crippen LogP contribution in [0.25, 0.3) is 0 Å². The Hall–Kier alpha value is -0.430. The molecule has 2 fully saturated rings. The van der Waals surface area contributed by atoms with Crippen LogP contribution in [0.4, 0.5) is 0 Å². The van der Waals surface area contributed by atoms with Gasteiger partial charge in [-0.3, -0.25) is 4.79 Å². The Morgan fingerprint density at radius 2 is 1.94 bits per heavy atom. The molecule has 2 rings (SSSR count). The van der Waals surface area contributed by atoms with E-state index in [9.17, 15) is 13.2 Å². The fourth-order valence-corrected chi connectivity index (χ4v) is 3.16. The minimum Gasteiger partial charge on any atom is -0.318 e. The van der Waals surface area contributed by atoms with Crippen LogP contribution >= 0.6 is 12.4 Å². The number of primary sulfonamides is 1. The number of ketones is 1. The Labute approximate surface area is 101 Å². The van der Waals surface area contributed by atoms with Gasteiger partial charge in [-0.1, -0.05) is 6.08 Å². The van der Waals surface area contributed by atoms with Crippen LogP contribution in [0.15, 0.2) is 12.7 Å². The lowest BCUT2D eigenvalue weighted by molar-refractivity contribution is -0.121. The highest BCUT2D eigenvalue weighted by atomic mass is 35.5. The maximum Gasteiger partial charge on any atom is 0.222 e. The maximum atomic E-state index is 12.0. The summed E-state index contributed by atoms with van der Waals surface area (Å²) in [7, 11) is -3.83. The van der Waals surface area contributed by atoms with Crippen LogP contribution < -0.4 is 10.9 Å². The third-order valence-electron chi connectivity index (χ3n) is 3.43. The van der Waals surface area contributed by atoms with Crippen LogP contribution in [0.2, 0.25) is 0 Å². The highest BCUT2D eigenvalue weighted by Crippen LogP contribution is 2.53. The fourth-order valence-electron chi connectivity index (χ4n) is 2.04. The molecule has 7 heteroatoms. The van der Waals surface area contributed by atoms with Crippen molar-refractivity contribution in [2.45, 2.75) is 29.5 Å². The number of hydrogen-bond acceptors (Lipinski definition) is 4. The molecule has 0 saturated heterocycles. The number of carbonyl (C=O) groups is 1. The van der Waals surface area contributed by atoms with Crippen molar-refractivity contribution in [3.8, 4) is 0 Å². The van der Waals surface area contributed by atoms with Gasteiger partial charge in [-0.15, -0.1) is 19.0 Å². The van der Waals surface area contributed by atoms with Crippen LogP contribution in [0.5, 0.6) is 0 Å². The van der Waals surface area contributed by atoms with Gasteiger partial charge in [0.25, 0.3) is 0 Å². The summed E-state index contributed by atoms with van der Waals surface area (Å²) >= 11 is 0. The summed E-state index contributed by atoms with van der Waals surface area (Å²) in [5.74, 6) is -0.536. The normalized spacial score (nSPS) is 34.8. The lowest BCUT2D eigenvalue weighted by atomic mass is 10.0. The minimum absolute atomic E-state index is 0. The van der Waals surface area contributed by atoms with Gasteiger partial charge in [-0.25, -0.2) is 13.6 Å². The number of halogens is 1. The molecule has 2 aliphatic rings. The van der Waals surface area contributed by atoms with Crippen molar-refractivity contribution in [2.75, 3.05) is 0 Å². The number of sulfonamides is 1. The smallest absolute Gasteiger partial charge is 0.222 e. The van der Waals surface area contributed by atoms with Gasteiger partial charge in [0.2, 0.25) is 10.0 Å². The molecule has 0 amide bonds. The van der Waals surface area contributed by atoms with E-state index in [2.05, 4.69) is 6.58 Å². The molecule has 0 aromatic carbocycles. The molecule has 2 aliphatic carbocycles. The zero-order valence-electron chi connectivity index (χ0n) is 8.68. The van der Waals surface area contributed by atoms with Crippen molar-refractivity contribution >= 4 is 28.2 Å². The van der Waals surface area contributed by atoms with Crippen LogP contribution in [-0.4, -0.2) is 24.5 Å². The molecule has 0 unspecified atom stereocenters. The van der Waals surface area contributed by atoms with Crippen LogP contribution in [0.1, 0.15) is 19.3 Å². The van der Waals surface area contributed by atoms with Crippen LogP contribution in [0, 0.1) is 5.92 Å². The average molecular weight is 267 g/mol. The predicted molar refractivity (Wildman–Crippen MR) is 62.5 cm³/mol. The summed E-state index contributed by atoms with van der Waals surface area (Å²) < 4.78 is 21.2. The number of Topliss-reactive ketones (excluding diaryl/α,β-unsaturated/α-hetero) is 1. The maximum absolute atomic E-state index is 12.0. The largest absolute Gasteiger partial charge is 0.318 e. The molecule has 0 radical (unpaired) electrons. The van der Waals surface area contributed by atoms with E-state index >= 15 is 0 Å². The van der Waals surface area contributed by atoms with E-state index < -0.39 is 26.1 Å². The Morgan fingerprint density at radius 1 is 1.44 bits per heavy atom. The van der Waals surface area contributed by atoms with E-state index in [4.69, 9.17) is 10.9 Å². The number of nitrogens with two attached hydrogens (primary N) is 2. The van der Waals surface area contributed by atoms with Gasteiger partial charge in [-0.05, 0) is 19.3 Å². The summed E-state index contributed by atoms with van der Waals surface area (Å²) in [5, 5.41) is 5.06. The molecule has 0 aromatic heterocycles. The average Bonchev–Trinajstić information content (AvgIpc) is 2.95. The summed E-state index contributed by atoms with van der Waals surface area (Å²) in [4.78, 5) is 12.0. The molecular weight excluding hydrogens is 252 g/mol. The first-order chi connectivity index (χ1) is 6.78. The summed E-state index contributed by atoms with van der Waals surface area (Å²) in [6, 6.07) is 0. The van der Waals surface area contributed by atoms with E-state index in [-0.39, 0.29) is 18.3 Å². The van der Waals surface area contributed by atoms with Gasteiger partial charge in [-0.2, -0.15) is 0 Å². The van der Waals surface area contributed by atoms with Crippen molar-refractivity contribution in [1.82, 2.24) is 0 Å². The second kappa shape index (κ2) is 3.53. The number of rotatable bonds is 4. The molecule has 2 atom stereocenters. The first kappa shape index (κ1) is 13.6. The van der Waals surface area contributed by atoms with Crippen LogP contribution in [0.3, 0.4) is 0 Å². The topological polar surface area (TPSA) is 103 Å². The zero-order chi connectivity index (χ0) is 11.5. The molecule has 0 aromatic rings. The molecular formula is C9H15ClN2O3S. The standard InChI is InChI=1S/C9H14N2O3S.ClH/c1-2-6-5-9(6,10)7(12)8(3-4-8)15(11,13)14;/h2,6H,1,3-5,10H2,(H2,11,13,14);1H/t6-,9+;/m0./s1. The van der Waals surface area contributed by atoms with Crippen molar-refractivity contribution in [3.05, 3.63) is 12.7 Å². The molecule has 0 spiro atoms. The number of hydrogen-bond donors (Lipinski definition) is 2. The molecule has 4 N–H and O–H groups in total. The van der Waals surface area contributed by atoms with Gasteiger partial charge in [0, 0.05) is 5.92 Å². The Morgan fingerprint density at radius 3 is 2.19 bits per heavy atom. The Balaban J connectivity index is 0.00000128. The van der Waals surface area contributed by atoms with Crippen molar-refractivity contribution in [3.63, 3.8) is 0 Å². The first-order valence-corrected chi connectivity index (χ1v) is 6.31. The van der Waals surface area contributed by atoms with Gasteiger partial charge < -0.3 is 5.73 Å². The van der Waals surface area contributed by atoms with Gasteiger partial charge in [0.1, 0.15) is 4.75 Å². The third-order valence-corrected chi connectivity index (χ3v) is 5.11. The van der Waals surface area contributed by atoms with E-state index in [0.717, 1.165) is 0 Å². The van der Waals surface area contributed by atoms with Crippen molar-refractivity contribution in [1.29, 1.82) is 0 Å². The highest BCUT2D eigenvalue weighted by Gasteiger charge is 2.69. The molecule has 16 heavy (non-hydrogen) atoms. The quantitative estimate of drug-likeness (QED) is 0.682. The monoisotopic (exact) mass is 266 g/mol. The third kappa shape index (κ3) is 1.60. The molecule has 92 valence electrons. The predicted octanol–water partition coefficient (Wildman–Crippen LogP) is -0.298. The number of carbonyl (C=O) groups excluding carboxylic acids is 1. The summed E-state index contributed by atoms with van der Waals surface area (Å²) in [6.45, 7) is 3.55. The van der Waals surface area contributed by atoms with E-state index in [1.54, 1.807) is 6.08 Å². The molecule has 0 bridgehead atoms. The second-order valence-corrected chi connectivity index (χ2v) is 6.33. The summed E-state index contributed by atoms with van der Waals surface area (Å²) in [5.41, 5.74) is 4.79. The molecule has 2 saturated carbocycles. The van der Waals surface area contributed by atoms with E-state index in [1.165, 1.54) is 0 Å². The van der Waals surface area contributed by atoms with Crippen LogP contribution in [-0.2, 0) is 14.8 Å². The zero-order valence-corrected chi connectivity index (χ0v) is 10.3. The van der Waals surface area contributed by atoms with Crippen molar-refractivity contribution in [2.24, 2.45) is 16.8 Å². The van der Waals surface area contributed by atoms with E-state index in [1.807, 2.05) is 0 Å². The van der Waals surface area contributed by atoms with Gasteiger partial charge in [0.05, 0.1) is 5.54 Å². The highest BCUT2D eigenvalue weighted by molar-refractivity contribution is 7.91. The lowest BCUT2D eigenvalue weighted by Crippen LogP contribution is -2.49.